The number of benzene rings is 1. The summed E-state index contributed by atoms with van der Waals surface area (Å²) in [7, 11) is 0. The summed E-state index contributed by atoms with van der Waals surface area (Å²) < 4.78 is 0. The lowest BCUT2D eigenvalue weighted by molar-refractivity contribution is -0.119. The summed E-state index contributed by atoms with van der Waals surface area (Å²) >= 11 is 12.2. The molecule has 1 aromatic carbocycles. The molecule has 1 atom stereocenters. The fourth-order valence-corrected chi connectivity index (χ4v) is 2.78. The van der Waals surface area contributed by atoms with Gasteiger partial charge in [0.15, 0.2) is 0 Å². The van der Waals surface area contributed by atoms with Gasteiger partial charge in [0.1, 0.15) is 6.04 Å². The molecule has 0 radical (unpaired) electrons. The van der Waals surface area contributed by atoms with Crippen molar-refractivity contribution in [1.82, 2.24) is 0 Å². The Kier molecular flexibility index (Phi) is 5.17. The van der Waals surface area contributed by atoms with Gasteiger partial charge in [0.25, 0.3) is 0 Å². The Labute approximate surface area is 130 Å². The number of fused-ring (bicyclic) bond motifs is 1. The lowest BCUT2D eigenvalue weighted by atomic mass is 10.1. The van der Waals surface area contributed by atoms with Crippen LogP contribution in [0.3, 0.4) is 0 Å². The minimum Gasteiger partial charge on any atom is -0.372 e. The number of amides is 1. The second-order valence-corrected chi connectivity index (χ2v) is 5.90. The molecule has 5 heteroatoms. The average molecular weight is 315 g/mol. The van der Waals surface area contributed by atoms with Gasteiger partial charge in [0.05, 0.1) is 21.4 Å². The van der Waals surface area contributed by atoms with E-state index in [-0.39, 0.29) is 11.9 Å². The quantitative estimate of drug-likeness (QED) is 0.797. The second-order valence-electron chi connectivity index (χ2n) is 5.09. The van der Waals surface area contributed by atoms with E-state index >= 15 is 0 Å². The Balaban J connectivity index is 2.33. The molecule has 1 amide bonds. The zero-order valence-electron chi connectivity index (χ0n) is 11.9. The van der Waals surface area contributed by atoms with Crippen LogP contribution in [0.4, 0.5) is 11.4 Å². The highest BCUT2D eigenvalue weighted by Gasteiger charge is 2.31. The van der Waals surface area contributed by atoms with E-state index in [9.17, 15) is 4.79 Å². The van der Waals surface area contributed by atoms with Crippen molar-refractivity contribution < 1.29 is 4.79 Å². The number of hydrogen-bond donors (Lipinski definition) is 1. The van der Waals surface area contributed by atoms with E-state index in [1.165, 1.54) is 0 Å². The Morgan fingerprint density at radius 1 is 1.20 bits per heavy atom. The van der Waals surface area contributed by atoms with Crippen LogP contribution in [-0.2, 0) is 4.79 Å². The molecular weight excluding hydrogens is 295 g/mol. The van der Waals surface area contributed by atoms with Crippen molar-refractivity contribution in [3.8, 4) is 0 Å². The summed E-state index contributed by atoms with van der Waals surface area (Å²) in [6.07, 6.45) is 4.00. The predicted octanol–water partition coefficient (Wildman–Crippen LogP) is 4.72. The van der Waals surface area contributed by atoms with E-state index in [0.29, 0.717) is 10.0 Å². The van der Waals surface area contributed by atoms with Gasteiger partial charge in [-0.25, -0.2) is 0 Å². The first-order valence-corrected chi connectivity index (χ1v) is 7.91. The van der Waals surface area contributed by atoms with E-state index in [1.807, 2.05) is 11.8 Å². The number of carbonyl (C=O) groups excluding carboxylic acids is 1. The van der Waals surface area contributed by atoms with Crippen LogP contribution in [0.25, 0.3) is 0 Å². The van der Waals surface area contributed by atoms with Gasteiger partial charge in [0.2, 0.25) is 5.91 Å². The molecule has 0 aliphatic carbocycles. The number of halogens is 2. The molecule has 1 unspecified atom stereocenters. The molecule has 0 bridgehead atoms. The van der Waals surface area contributed by atoms with E-state index in [2.05, 4.69) is 12.2 Å². The number of carbonyl (C=O) groups is 1. The summed E-state index contributed by atoms with van der Waals surface area (Å²) in [5.74, 6) is 0.120. The molecule has 1 aliphatic rings. The van der Waals surface area contributed by atoms with E-state index in [1.54, 1.807) is 12.1 Å². The minimum absolute atomic E-state index is 0.120. The van der Waals surface area contributed by atoms with Gasteiger partial charge in [-0.1, -0.05) is 49.9 Å². The monoisotopic (exact) mass is 314 g/mol. The maximum Gasteiger partial charge on any atom is 0.249 e. The van der Waals surface area contributed by atoms with Gasteiger partial charge in [0, 0.05) is 6.54 Å². The highest BCUT2D eigenvalue weighted by molar-refractivity contribution is 6.42. The van der Waals surface area contributed by atoms with Gasteiger partial charge in [-0.2, -0.15) is 0 Å². The highest BCUT2D eigenvalue weighted by Crippen LogP contribution is 2.38. The molecule has 1 aliphatic heterocycles. The van der Waals surface area contributed by atoms with E-state index in [0.717, 1.165) is 43.6 Å². The zero-order chi connectivity index (χ0) is 14.7. The van der Waals surface area contributed by atoms with Crippen molar-refractivity contribution in [2.75, 3.05) is 16.8 Å². The summed E-state index contributed by atoms with van der Waals surface area (Å²) in [6, 6.07) is 3.41. The Hall–Kier alpha value is -0.930. The molecule has 20 heavy (non-hydrogen) atoms. The summed E-state index contributed by atoms with van der Waals surface area (Å²) in [6.45, 7) is 4.89. The van der Waals surface area contributed by atoms with Crippen LogP contribution in [0.5, 0.6) is 0 Å². The SMILES string of the molecule is CCCCCN1C(=O)C(CC)Nc2cc(Cl)c(Cl)cc21. The fraction of sp³-hybridized carbons (Fsp3) is 0.533. The summed E-state index contributed by atoms with van der Waals surface area (Å²) in [5, 5.41) is 4.24. The predicted molar refractivity (Wildman–Crippen MR) is 86.0 cm³/mol. The van der Waals surface area contributed by atoms with Crippen LogP contribution < -0.4 is 10.2 Å². The molecule has 0 aromatic heterocycles. The maximum atomic E-state index is 12.5. The molecule has 1 N–H and O–H groups in total. The van der Waals surface area contributed by atoms with E-state index < -0.39 is 0 Å². The number of rotatable bonds is 5. The number of anilines is 2. The lowest BCUT2D eigenvalue weighted by Crippen LogP contribution is -2.47. The number of nitrogens with one attached hydrogen (secondary N) is 1. The fourth-order valence-electron chi connectivity index (χ4n) is 2.46. The van der Waals surface area contributed by atoms with Gasteiger partial charge < -0.3 is 10.2 Å². The highest BCUT2D eigenvalue weighted by atomic mass is 35.5. The molecule has 1 heterocycles. The summed E-state index contributed by atoms with van der Waals surface area (Å²) in [5.41, 5.74) is 1.73. The normalized spacial score (nSPS) is 17.9. The minimum atomic E-state index is -0.179. The van der Waals surface area contributed by atoms with Crippen LogP contribution in [0.2, 0.25) is 10.0 Å². The third kappa shape index (κ3) is 3.04. The number of hydrogen-bond acceptors (Lipinski definition) is 2. The largest absolute Gasteiger partial charge is 0.372 e. The molecule has 110 valence electrons. The molecule has 0 saturated carbocycles. The van der Waals surface area contributed by atoms with Crippen LogP contribution in [0.1, 0.15) is 39.5 Å². The zero-order valence-corrected chi connectivity index (χ0v) is 13.4. The smallest absolute Gasteiger partial charge is 0.249 e. The molecule has 0 spiro atoms. The van der Waals surface area contributed by atoms with Gasteiger partial charge >= 0.3 is 0 Å². The molecule has 0 saturated heterocycles. The third-order valence-corrected chi connectivity index (χ3v) is 4.34. The van der Waals surface area contributed by atoms with Gasteiger partial charge in [-0.3, -0.25) is 4.79 Å². The van der Waals surface area contributed by atoms with Crippen molar-refractivity contribution in [1.29, 1.82) is 0 Å². The van der Waals surface area contributed by atoms with E-state index in [4.69, 9.17) is 23.2 Å². The van der Waals surface area contributed by atoms with Crippen LogP contribution in [-0.4, -0.2) is 18.5 Å². The van der Waals surface area contributed by atoms with Crippen molar-refractivity contribution in [2.24, 2.45) is 0 Å². The maximum absolute atomic E-state index is 12.5. The van der Waals surface area contributed by atoms with Crippen LogP contribution in [0, 0.1) is 0 Å². The summed E-state index contributed by atoms with van der Waals surface area (Å²) in [4.78, 5) is 14.3. The van der Waals surface area contributed by atoms with Gasteiger partial charge in [-0.15, -0.1) is 0 Å². The van der Waals surface area contributed by atoms with Crippen LogP contribution in [0.15, 0.2) is 12.1 Å². The number of nitrogens with zero attached hydrogens (tertiary/aromatic N) is 1. The first-order valence-electron chi connectivity index (χ1n) is 7.15. The lowest BCUT2D eigenvalue weighted by Gasteiger charge is -2.35. The molecule has 3 nitrogen and oxygen atoms in total. The molecule has 2 rings (SSSR count). The van der Waals surface area contributed by atoms with Crippen molar-refractivity contribution in [3.05, 3.63) is 22.2 Å². The Morgan fingerprint density at radius 3 is 2.55 bits per heavy atom. The van der Waals surface area contributed by atoms with Gasteiger partial charge in [-0.05, 0) is 25.0 Å². The van der Waals surface area contributed by atoms with Crippen molar-refractivity contribution in [2.45, 2.75) is 45.6 Å². The Morgan fingerprint density at radius 2 is 1.90 bits per heavy atom. The van der Waals surface area contributed by atoms with Crippen molar-refractivity contribution in [3.63, 3.8) is 0 Å². The van der Waals surface area contributed by atoms with Crippen molar-refractivity contribution >= 4 is 40.5 Å². The first kappa shape index (κ1) is 15.5. The first-order chi connectivity index (χ1) is 9.58. The number of unbranched alkanes of at least 4 members (excludes halogenated alkanes) is 2. The standard InChI is InChI=1S/C15H20Cl2N2O/c1-3-5-6-7-19-14-9-11(17)10(16)8-13(14)18-12(4-2)15(19)20/h8-9,12,18H,3-7H2,1-2H3. The van der Waals surface area contributed by atoms with Crippen LogP contribution >= 0.6 is 23.2 Å². The topological polar surface area (TPSA) is 32.3 Å². The molecule has 1 aromatic rings. The second kappa shape index (κ2) is 6.68. The Bertz CT molecular complexity index is 505. The molecule has 0 fully saturated rings. The third-order valence-electron chi connectivity index (χ3n) is 3.62. The molecular formula is C15H20Cl2N2O. The average Bonchev–Trinajstić information content (AvgIpc) is 2.43.